The van der Waals surface area contributed by atoms with Crippen LogP contribution in [-0.4, -0.2) is 50.4 Å². The van der Waals surface area contributed by atoms with Crippen molar-refractivity contribution in [2.45, 2.75) is 42.7 Å². The van der Waals surface area contributed by atoms with Gasteiger partial charge in [-0.3, -0.25) is 4.90 Å². The Bertz CT molecular complexity index is 992. The molecule has 0 aliphatic carbocycles. The molecule has 0 radical (unpaired) electrons. The first-order valence-electron chi connectivity index (χ1n) is 10.6. The number of rotatable bonds is 3. The van der Waals surface area contributed by atoms with E-state index in [0.717, 1.165) is 44.5 Å². The topological polar surface area (TPSA) is 49.9 Å². The fraction of sp³-hybridized carbons (Fsp3) is 0.478. The van der Waals surface area contributed by atoms with E-state index in [1.165, 1.54) is 11.1 Å². The number of ether oxygens (including phenoxy) is 1. The van der Waals surface area contributed by atoms with Gasteiger partial charge in [-0.1, -0.05) is 24.3 Å². The summed E-state index contributed by atoms with van der Waals surface area (Å²) >= 11 is 0. The lowest BCUT2D eigenvalue weighted by atomic mass is 9.77. The minimum atomic E-state index is -3.46. The molecule has 0 saturated carbocycles. The molecule has 0 bridgehead atoms. The van der Waals surface area contributed by atoms with Gasteiger partial charge in [0, 0.05) is 31.7 Å². The molecule has 3 aliphatic rings. The van der Waals surface area contributed by atoms with E-state index in [0.29, 0.717) is 17.4 Å². The minimum absolute atomic E-state index is 0.0725. The summed E-state index contributed by atoms with van der Waals surface area (Å²) in [6.45, 7) is 2.65. The van der Waals surface area contributed by atoms with Crippen molar-refractivity contribution in [3.63, 3.8) is 0 Å². The molecule has 3 aliphatic heterocycles. The van der Waals surface area contributed by atoms with Crippen LogP contribution in [0.2, 0.25) is 0 Å². The molecule has 0 spiro atoms. The lowest BCUT2D eigenvalue weighted by Gasteiger charge is -2.51. The zero-order chi connectivity index (χ0) is 20.0. The molecule has 2 saturated heterocycles. The average molecular weight is 413 g/mol. The molecule has 29 heavy (non-hydrogen) atoms. The first-order valence-corrected chi connectivity index (χ1v) is 12.0. The molecule has 2 fully saturated rings. The van der Waals surface area contributed by atoms with Crippen LogP contribution in [0.3, 0.4) is 0 Å². The molecular weight excluding hydrogens is 384 g/mol. The monoisotopic (exact) mass is 412 g/mol. The molecular formula is C23H28N2O3S. The highest BCUT2D eigenvalue weighted by molar-refractivity contribution is 7.89. The summed E-state index contributed by atoms with van der Waals surface area (Å²) in [5, 5.41) is 0. The Morgan fingerprint density at radius 3 is 2.69 bits per heavy atom. The number of sulfonamides is 1. The van der Waals surface area contributed by atoms with Gasteiger partial charge in [0.1, 0.15) is 5.75 Å². The predicted molar refractivity (Wildman–Crippen MR) is 112 cm³/mol. The summed E-state index contributed by atoms with van der Waals surface area (Å²) in [7, 11) is -1.76. The predicted octanol–water partition coefficient (Wildman–Crippen LogP) is 3.47. The SMILES string of the molecule is COc1ccc2c(c1)CCN1C[C@H]3CCCN(S(=O)(=O)c4ccccc4)[C@H]3C[C@H]21. The van der Waals surface area contributed by atoms with Crippen LogP contribution >= 0.6 is 0 Å². The third kappa shape index (κ3) is 3.27. The molecule has 2 aromatic carbocycles. The second-order valence-electron chi connectivity index (χ2n) is 8.46. The van der Waals surface area contributed by atoms with Gasteiger partial charge in [0.05, 0.1) is 12.0 Å². The van der Waals surface area contributed by atoms with Crippen molar-refractivity contribution in [3.05, 3.63) is 59.7 Å². The van der Waals surface area contributed by atoms with Crippen LogP contribution in [-0.2, 0) is 16.4 Å². The first-order chi connectivity index (χ1) is 14.1. The van der Waals surface area contributed by atoms with Gasteiger partial charge < -0.3 is 4.74 Å². The lowest BCUT2D eigenvalue weighted by molar-refractivity contribution is 0.0219. The molecule has 0 unspecified atom stereocenters. The average Bonchev–Trinajstić information content (AvgIpc) is 2.77. The number of benzene rings is 2. The van der Waals surface area contributed by atoms with Gasteiger partial charge in [0.2, 0.25) is 10.0 Å². The summed E-state index contributed by atoms with van der Waals surface area (Å²) < 4.78 is 34.1. The van der Waals surface area contributed by atoms with E-state index in [-0.39, 0.29) is 12.1 Å². The van der Waals surface area contributed by atoms with Crippen LogP contribution in [0.5, 0.6) is 5.75 Å². The third-order valence-electron chi connectivity index (χ3n) is 6.97. The Morgan fingerprint density at radius 1 is 1.07 bits per heavy atom. The maximum atomic E-state index is 13.4. The Labute approximate surface area is 173 Å². The lowest BCUT2D eigenvalue weighted by Crippen LogP contribution is -2.57. The van der Waals surface area contributed by atoms with Gasteiger partial charge in [0.25, 0.3) is 0 Å². The van der Waals surface area contributed by atoms with Crippen molar-refractivity contribution in [2.24, 2.45) is 5.92 Å². The highest BCUT2D eigenvalue weighted by atomic mass is 32.2. The van der Waals surface area contributed by atoms with Gasteiger partial charge in [0.15, 0.2) is 0 Å². The Morgan fingerprint density at radius 2 is 1.90 bits per heavy atom. The smallest absolute Gasteiger partial charge is 0.243 e. The molecule has 5 rings (SSSR count). The summed E-state index contributed by atoms with van der Waals surface area (Å²) in [5.41, 5.74) is 2.69. The summed E-state index contributed by atoms with van der Waals surface area (Å²) in [6.07, 6.45) is 3.96. The second-order valence-corrected chi connectivity index (χ2v) is 10.4. The van der Waals surface area contributed by atoms with Gasteiger partial charge in [-0.05, 0) is 67.0 Å². The van der Waals surface area contributed by atoms with Crippen LogP contribution in [0.25, 0.3) is 0 Å². The van der Waals surface area contributed by atoms with Gasteiger partial charge in [-0.2, -0.15) is 4.31 Å². The molecule has 0 N–H and O–H groups in total. The van der Waals surface area contributed by atoms with Gasteiger partial charge >= 0.3 is 0 Å². The standard InChI is InChI=1S/C23H28N2O3S/c1-28-19-9-10-21-17(14-19)11-13-24-16-18-6-5-12-25(22(18)15-23(21)24)29(26,27)20-7-3-2-4-8-20/h2-4,7-10,14,18,22-23H,5-6,11-13,15-16H2,1H3/t18-,22+,23-/m1/s1. The Hall–Kier alpha value is -1.89. The van der Waals surface area contributed by atoms with E-state index >= 15 is 0 Å². The molecule has 6 heteroatoms. The highest BCUT2D eigenvalue weighted by Crippen LogP contribution is 2.44. The third-order valence-corrected chi connectivity index (χ3v) is 8.91. The van der Waals surface area contributed by atoms with E-state index in [1.807, 2.05) is 28.6 Å². The van der Waals surface area contributed by atoms with Crippen LogP contribution in [0.1, 0.15) is 36.4 Å². The largest absolute Gasteiger partial charge is 0.497 e. The van der Waals surface area contributed by atoms with Crippen molar-refractivity contribution in [1.82, 2.24) is 9.21 Å². The van der Waals surface area contributed by atoms with Gasteiger partial charge in [-0.25, -0.2) is 8.42 Å². The highest BCUT2D eigenvalue weighted by Gasteiger charge is 2.46. The number of fused-ring (bicyclic) bond motifs is 4. The number of hydrogen-bond acceptors (Lipinski definition) is 4. The van der Waals surface area contributed by atoms with Crippen LogP contribution in [0.4, 0.5) is 0 Å². The van der Waals surface area contributed by atoms with Crippen molar-refractivity contribution in [3.8, 4) is 5.75 Å². The number of hydrogen-bond donors (Lipinski definition) is 0. The first kappa shape index (κ1) is 19.1. The molecule has 0 aromatic heterocycles. The van der Waals surface area contributed by atoms with E-state index in [1.54, 1.807) is 19.2 Å². The quantitative estimate of drug-likeness (QED) is 0.775. The van der Waals surface area contributed by atoms with Crippen LogP contribution in [0.15, 0.2) is 53.4 Å². The van der Waals surface area contributed by atoms with Crippen molar-refractivity contribution in [1.29, 1.82) is 0 Å². The second kappa shape index (κ2) is 7.42. The maximum absolute atomic E-state index is 13.4. The Balaban J connectivity index is 1.48. The van der Waals surface area contributed by atoms with Crippen molar-refractivity contribution < 1.29 is 13.2 Å². The van der Waals surface area contributed by atoms with E-state index in [4.69, 9.17) is 4.74 Å². The fourth-order valence-corrected chi connectivity index (χ4v) is 7.30. The number of methoxy groups -OCH3 is 1. The Kier molecular flexibility index (Phi) is 4.88. The van der Waals surface area contributed by atoms with Crippen molar-refractivity contribution >= 4 is 10.0 Å². The molecule has 154 valence electrons. The molecule has 5 nitrogen and oxygen atoms in total. The van der Waals surface area contributed by atoms with E-state index < -0.39 is 10.0 Å². The summed E-state index contributed by atoms with van der Waals surface area (Å²) in [4.78, 5) is 2.99. The number of nitrogens with zero attached hydrogens (tertiary/aromatic N) is 2. The zero-order valence-corrected chi connectivity index (χ0v) is 17.6. The summed E-state index contributed by atoms with van der Waals surface area (Å²) in [6, 6.07) is 15.6. The minimum Gasteiger partial charge on any atom is -0.497 e. The zero-order valence-electron chi connectivity index (χ0n) is 16.8. The molecule has 0 amide bonds. The van der Waals surface area contributed by atoms with Crippen molar-refractivity contribution in [2.75, 3.05) is 26.7 Å². The maximum Gasteiger partial charge on any atom is 0.243 e. The van der Waals surface area contributed by atoms with E-state index in [9.17, 15) is 8.42 Å². The van der Waals surface area contributed by atoms with E-state index in [2.05, 4.69) is 17.0 Å². The molecule has 3 atom stereocenters. The van der Waals surface area contributed by atoms with Gasteiger partial charge in [-0.15, -0.1) is 0 Å². The summed E-state index contributed by atoms with van der Waals surface area (Å²) in [5.74, 6) is 1.31. The normalized spacial score (nSPS) is 27.6. The number of piperidine rings is 2. The van der Waals surface area contributed by atoms with Crippen LogP contribution in [0, 0.1) is 5.92 Å². The fourth-order valence-electron chi connectivity index (χ4n) is 5.54. The molecule has 3 heterocycles. The molecule has 2 aromatic rings. The van der Waals surface area contributed by atoms with Crippen LogP contribution < -0.4 is 4.74 Å².